The van der Waals surface area contributed by atoms with Crippen LogP contribution in [-0.4, -0.2) is 63.8 Å². The molecule has 1 rings (SSSR count). The summed E-state index contributed by atoms with van der Waals surface area (Å²) in [6, 6.07) is 0. The van der Waals surface area contributed by atoms with Crippen LogP contribution in [0.15, 0.2) is 23.2 Å². The van der Waals surface area contributed by atoms with Gasteiger partial charge in [0.25, 0.3) is 0 Å². The van der Waals surface area contributed by atoms with Crippen molar-refractivity contribution in [3.63, 3.8) is 0 Å². The van der Waals surface area contributed by atoms with E-state index >= 15 is 0 Å². The number of hydrogen-bond donors (Lipinski definition) is 3. The topological polar surface area (TPSA) is 39.3 Å². The van der Waals surface area contributed by atoms with E-state index in [4.69, 9.17) is 0 Å². The minimum atomic E-state index is 0.970. The standard InChI is InChI=1S/C15H29BrN4/c1-2-15(13-16)14-20-11-4-7-18-9-8-17-5-3-6-19-10-12-20/h2,13,17-19H,1,3-12,14H2/b15-13-. The van der Waals surface area contributed by atoms with Gasteiger partial charge < -0.3 is 16.0 Å². The lowest BCUT2D eigenvalue weighted by atomic mass is 10.2. The summed E-state index contributed by atoms with van der Waals surface area (Å²) < 4.78 is 0. The van der Waals surface area contributed by atoms with Crippen molar-refractivity contribution in [2.24, 2.45) is 0 Å². The molecule has 0 aromatic rings. The highest BCUT2D eigenvalue weighted by atomic mass is 79.9. The van der Waals surface area contributed by atoms with E-state index in [1.807, 2.05) is 11.1 Å². The van der Waals surface area contributed by atoms with Crippen molar-refractivity contribution in [3.8, 4) is 0 Å². The number of nitrogens with one attached hydrogen (secondary N) is 3. The molecule has 0 amide bonds. The molecular weight excluding hydrogens is 316 g/mol. The van der Waals surface area contributed by atoms with Crippen LogP contribution in [0.5, 0.6) is 0 Å². The molecule has 1 saturated heterocycles. The third-order valence-corrected chi connectivity index (χ3v) is 4.01. The van der Waals surface area contributed by atoms with Gasteiger partial charge in [0, 0.05) is 32.7 Å². The van der Waals surface area contributed by atoms with Gasteiger partial charge in [-0.15, -0.1) is 0 Å². The van der Waals surface area contributed by atoms with Gasteiger partial charge >= 0.3 is 0 Å². The van der Waals surface area contributed by atoms with Crippen LogP contribution in [0.3, 0.4) is 0 Å². The first kappa shape index (κ1) is 17.9. The van der Waals surface area contributed by atoms with Crippen LogP contribution in [0.25, 0.3) is 0 Å². The molecule has 0 bridgehead atoms. The molecule has 116 valence electrons. The van der Waals surface area contributed by atoms with E-state index in [2.05, 4.69) is 43.4 Å². The predicted molar refractivity (Wildman–Crippen MR) is 91.5 cm³/mol. The van der Waals surface area contributed by atoms with E-state index in [1.54, 1.807) is 0 Å². The van der Waals surface area contributed by atoms with Crippen molar-refractivity contribution in [3.05, 3.63) is 23.2 Å². The third-order valence-electron chi connectivity index (χ3n) is 3.43. The van der Waals surface area contributed by atoms with E-state index in [-0.39, 0.29) is 0 Å². The Hall–Kier alpha value is -0.200. The first-order valence-electron chi connectivity index (χ1n) is 7.63. The van der Waals surface area contributed by atoms with Crippen LogP contribution in [0.2, 0.25) is 0 Å². The van der Waals surface area contributed by atoms with Gasteiger partial charge in [0.15, 0.2) is 0 Å². The summed E-state index contributed by atoms with van der Waals surface area (Å²) in [6.07, 6.45) is 4.31. The normalized spacial score (nSPS) is 22.1. The maximum absolute atomic E-state index is 3.86. The second-order valence-electron chi connectivity index (χ2n) is 5.12. The zero-order chi connectivity index (χ0) is 14.5. The molecule has 1 aliphatic heterocycles. The average Bonchev–Trinajstić information content (AvgIpc) is 2.48. The van der Waals surface area contributed by atoms with Crippen molar-refractivity contribution in [2.75, 3.05) is 58.9 Å². The Morgan fingerprint density at radius 3 is 2.25 bits per heavy atom. The second kappa shape index (κ2) is 12.5. The molecule has 4 nitrogen and oxygen atoms in total. The third kappa shape index (κ3) is 8.87. The van der Waals surface area contributed by atoms with Crippen LogP contribution in [0, 0.1) is 0 Å². The molecule has 0 saturated carbocycles. The Labute approximate surface area is 132 Å². The summed E-state index contributed by atoms with van der Waals surface area (Å²) in [5.74, 6) is 0. The summed E-state index contributed by atoms with van der Waals surface area (Å²) in [5.41, 5.74) is 1.24. The van der Waals surface area contributed by atoms with Crippen LogP contribution in [0.4, 0.5) is 0 Å². The van der Waals surface area contributed by atoms with E-state index in [9.17, 15) is 0 Å². The fraction of sp³-hybridized carbons (Fsp3) is 0.733. The summed E-state index contributed by atoms with van der Waals surface area (Å²) in [5, 5.41) is 10.5. The highest BCUT2D eigenvalue weighted by Gasteiger charge is 2.06. The molecule has 0 atom stereocenters. The van der Waals surface area contributed by atoms with Crippen LogP contribution < -0.4 is 16.0 Å². The van der Waals surface area contributed by atoms with E-state index < -0.39 is 0 Å². The summed E-state index contributed by atoms with van der Waals surface area (Å²) >= 11 is 3.41. The van der Waals surface area contributed by atoms with Crippen molar-refractivity contribution < 1.29 is 0 Å². The Morgan fingerprint density at radius 2 is 1.60 bits per heavy atom. The molecule has 0 aliphatic carbocycles. The molecule has 0 radical (unpaired) electrons. The molecule has 0 spiro atoms. The van der Waals surface area contributed by atoms with Gasteiger partial charge in [-0.2, -0.15) is 0 Å². The summed E-state index contributed by atoms with van der Waals surface area (Å²) in [7, 11) is 0. The first-order valence-corrected chi connectivity index (χ1v) is 8.54. The van der Waals surface area contributed by atoms with Crippen molar-refractivity contribution >= 4 is 15.9 Å². The molecule has 0 aromatic heterocycles. The zero-order valence-electron chi connectivity index (χ0n) is 12.5. The van der Waals surface area contributed by atoms with Crippen molar-refractivity contribution in [1.82, 2.24) is 20.9 Å². The Kier molecular flexibility index (Phi) is 11.2. The zero-order valence-corrected chi connectivity index (χ0v) is 14.1. The maximum Gasteiger partial charge on any atom is 0.0239 e. The largest absolute Gasteiger partial charge is 0.315 e. The molecule has 5 heteroatoms. The van der Waals surface area contributed by atoms with Gasteiger partial charge in [0.1, 0.15) is 0 Å². The molecule has 3 N–H and O–H groups in total. The predicted octanol–water partition coefficient (Wildman–Crippen LogP) is 1.32. The monoisotopic (exact) mass is 344 g/mol. The Balaban J connectivity index is 2.37. The lowest BCUT2D eigenvalue weighted by Crippen LogP contribution is -2.37. The smallest absolute Gasteiger partial charge is 0.0239 e. The van der Waals surface area contributed by atoms with Gasteiger partial charge in [-0.05, 0) is 49.6 Å². The number of halogens is 1. The van der Waals surface area contributed by atoms with Crippen LogP contribution >= 0.6 is 15.9 Å². The highest BCUT2D eigenvalue weighted by molar-refractivity contribution is 9.11. The van der Waals surface area contributed by atoms with Gasteiger partial charge in [-0.3, -0.25) is 4.90 Å². The maximum atomic E-state index is 3.86. The van der Waals surface area contributed by atoms with Gasteiger partial charge in [-0.1, -0.05) is 28.6 Å². The van der Waals surface area contributed by atoms with E-state index in [0.29, 0.717) is 0 Å². The quantitative estimate of drug-likeness (QED) is 0.675. The lowest BCUT2D eigenvalue weighted by molar-refractivity contribution is 0.290. The molecule has 1 fully saturated rings. The van der Waals surface area contributed by atoms with Gasteiger partial charge in [-0.25, -0.2) is 0 Å². The van der Waals surface area contributed by atoms with E-state index in [1.165, 1.54) is 18.4 Å². The fourth-order valence-corrected chi connectivity index (χ4v) is 2.56. The summed E-state index contributed by atoms with van der Waals surface area (Å²) in [6.45, 7) is 13.5. The molecule has 1 heterocycles. The summed E-state index contributed by atoms with van der Waals surface area (Å²) in [4.78, 5) is 4.47. The van der Waals surface area contributed by atoms with Gasteiger partial charge in [0.2, 0.25) is 0 Å². The lowest BCUT2D eigenvalue weighted by Gasteiger charge is -2.23. The molecular formula is C15H29BrN4. The van der Waals surface area contributed by atoms with Gasteiger partial charge in [0.05, 0.1) is 0 Å². The first-order chi connectivity index (χ1) is 9.86. The molecule has 0 aromatic carbocycles. The Morgan fingerprint density at radius 1 is 0.950 bits per heavy atom. The van der Waals surface area contributed by atoms with E-state index in [0.717, 1.165) is 58.9 Å². The molecule has 0 unspecified atom stereocenters. The van der Waals surface area contributed by atoms with Crippen molar-refractivity contribution in [2.45, 2.75) is 12.8 Å². The number of rotatable bonds is 3. The molecule has 20 heavy (non-hydrogen) atoms. The Bertz CT molecular complexity index is 267. The van der Waals surface area contributed by atoms with Crippen LogP contribution in [0.1, 0.15) is 12.8 Å². The second-order valence-corrected chi connectivity index (χ2v) is 5.58. The van der Waals surface area contributed by atoms with Crippen molar-refractivity contribution in [1.29, 1.82) is 0 Å². The SMILES string of the molecule is C=C/C(=C/Br)CN1CCCNCCNCCCNCC1. The molecule has 1 aliphatic rings. The fourth-order valence-electron chi connectivity index (χ4n) is 2.23. The highest BCUT2D eigenvalue weighted by Crippen LogP contribution is 2.04. The number of hydrogen-bond acceptors (Lipinski definition) is 4. The average molecular weight is 345 g/mol. The minimum absolute atomic E-state index is 0.970. The minimum Gasteiger partial charge on any atom is -0.315 e. The van der Waals surface area contributed by atoms with Crippen LogP contribution in [-0.2, 0) is 0 Å². The number of nitrogens with zero attached hydrogens (tertiary/aromatic N) is 1.